The maximum Gasteiger partial charge on any atom is 0.354 e. The summed E-state index contributed by atoms with van der Waals surface area (Å²) >= 11 is 0. The molecule has 1 aromatic carbocycles. The van der Waals surface area contributed by atoms with E-state index in [2.05, 4.69) is 4.98 Å². The van der Waals surface area contributed by atoms with E-state index in [4.69, 9.17) is 14.6 Å². The van der Waals surface area contributed by atoms with Crippen molar-refractivity contribution in [3.05, 3.63) is 59.4 Å². The van der Waals surface area contributed by atoms with E-state index in [0.29, 0.717) is 25.4 Å². The number of methoxy groups -OCH3 is 1. The van der Waals surface area contributed by atoms with Gasteiger partial charge in [0, 0.05) is 19.7 Å². The van der Waals surface area contributed by atoms with Crippen molar-refractivity contribution in [2.24, 2.45) is 0 Å². The van der Waals surface area contributed by atoms with Gasteiger partial charge in [-0.25, -0.2) is 9.78 Å². The van der Waals surface area contributed by atoms with Crippen LogP contribution in [0.3, 0.4) is 0 Å². The molecule has 1 saturated heterocycles. The van der Waals surface area contributed by atoms with Crippen molar-refractivity contribution in [3.63, 3.8) is 0 Å². The quantitative estimate of drug-likeness (QED) is 0.806. The van der Waals surface area contributed by atoms with Crippen LogP contribution in [0.25, 0.3) is 0 Å². The molecule has 1 amide bonds. The molecule has 0 aliphatic carbocycles. The van der Waals surface area contributed by atoms with Crippen molar-refractivity contribution in [2.45, 2.75) is 25.5 Å². The third-order valence-corrected chi connectivity index (χ3v) is 4.43. The van der Waals surface area contributed by atoms with E-state index in [1.807, 2.05) is 24.3 Å². The Balaban J connectivity index is 1.84. The van der Waals surface area contributed by atoms with E-state index in [1.54, 1.807) is 12.0 Å². The predicted molar refractivity (Wildman–Crippen MR) is 97.9 cm³/mol. The summed E-state index contributed by atoms with van der Waals surface area (Å²) in [6, 6.07) is 11.9. The molecule has 7 heteroatoms. The average molecular weight is 370 g/mol. The van der Waals surface area contributed by atoms with Gasteiger partial charge >= 0.3 is 5.97 Å². The smallest absolute Gasteiger partial charge is 0.354 e. The number of rotatable bonds is 7. The fourth-order valence-corrected chi connectivity index (χ4v) is 3.08. The maximum atomic E-state index is 13.0. The average Bonchev–Trinajstić information content (AvgIpc) is 3.20. The number of hydrogen-bond donors (Lipinski definition) is 1. The van der Waals surface area contributed by atoms with E-state index in [9.17, 15) is 9.59 Å². The summed E-state index contributed by atoms with van der Waals surface area (Å²) < 4.78 is 10.9. The first-order valence-corrected chi connectivity index (χ1v) is 8.81. The molecule has 2 aromatic rings. The summed E-state index contributed by atoms with van der Waals surface area (Å²) in [5, 5.41) is 9.13. The number of carbonyl (C=O) groups excluding carboxylic acids is 1. The zero-order valence-corrected chi connectivity index (χ0v) is 15.1. The van der Waals surface area contributed by atoms with E-state index in [-0.39, 0.29) is 23.4 Å². The van der Waals surface area contributed by atoms with E-state index >= 15 is 0 Å². The second-order valence-electron chi connectivity index (χ2n) is 6.39. The predicted octanol–water partition coefficient (Wildman–Crippen LogP) is 2.61. The molecule has 1 N–H and O–H groups in total. The van der Waals surface area contributed by atoms with Crippen LogP contribution in [0.4, 0.5) is 0 Å². The lowest BCUT2D eigenvalue weighted by atomic mass is 10.1. The van der Waals surface area contributed by atoms with Crippen molar-refractivity contribution in [1.29, 1.82) is 0 Å². The number of nitrogens with zero attached hydrogens (tertiary/aromatic N) is 2. The lowest BCUT2D eigenvalue weighted by molar-refractivity contribution is 0.0502. The van der Waals surface area contributed by atoms with Gasteiger partial charge in [-0.15, -0.1) is 0 Å². The van der Waals surface area contributed by atoms with Crippen molar-refractivity contribution in [2.75, 3.05) is 20.3 Å². The molecule has 1 aliphatic heterocycles. The number of amides is 1. The highest BCUT2D eigenvalue weighted by molar-refractivity contribution is 5.94. The minimum absolute atomic E-state index is 0.0257. The largest absolute Gasteiger partial charge is 0.497 e. The van der Waals surface area contributed by atoms with Gasteiger partial charge in [0.1, 0.15) is 17.1 Å². The van der Waals surface area contributed by atoms with Gasteiger partial charge < -0.3 is 19.5 Å². The van der Waals surface area contributed by atoms with Crippen molar-refractivity contribution in [1.82, 2.24) is 9.88 Å². The molecule has 1 aliphatic rings. The maximum absolute atomic E-state index is 13.0. The molecule has 7 nitrogen and oxygen atoms in total. The summed E-state index contributed by atoms with van der Waals surface area (Å²) in [5.74, 6) is -0.775. The number of pyridine rings is 1. The van der Waals surface area contributed by atoms with Gasteiger partial charge in [0.15, 0.2) is 0 Å². The second kappa shape index (κ2) is 8.64. The second-order valence-corrected chi connectivity index (χ2v) is 6.39. The van der Waals surface area contributed by atoms with Gasteiger partial charge in [0.2, 0.25) is 0 Å². The Kier molecular flexibility index (Phi) is 6.03. The summed E-state index contributed by atoms with van der Waals surface area (Å²) in [6.07, 6.45) is 1.84. The summed E-state index contributed by atoms with van der Waals surface area (Å²) in [4.78, 5) is 29.9. The van der Waals surface area contributed by atoms with E-state index in [0.717, 1.165) is 18.4 Å². The standard InChI is InChI=1S/C20H22N2O5/c1-26-15-6-2-5-14(11-15)12-22(13-16-7-4-10-27-16)19(23)17-8-3-9-18(21-17)20(24)25/h2-3,5-6,8-9,11,16H,4,7,10,12-13H2,1H3,(H,24,25). The molecule has 1 atom stereocenters. The molecule has 1 fully saturated rings. The van der Waals surface area contributed by atoms with Crippen LogP contribution in [-0.2, 0) is 11.3 Å². The SMILES string of the molecule is COc1cccc(CN(CC2CCCO2)C(=O)c2cccc(C(=O)O)n2)c1. The highest BCUT2D eigenvalue weighted by Gasteiger charge is 2.25. The fraction of sp³-hybridized carbons (Fsp3) is 0.350. The molecule has 0 radical (unpaired) electrons. The number of aromatic nitrogens is 1. The monoisotopic (exact) mass is 370 g/mol. The van der Waals surface area contributed by atoms with Crippen molar-refractivity contribution in [3.8, 4) is 5.75 Å². The molecule has 0 spiro atoms. The Morgan fingerprint density at radius 1 is 1.26 bits per heavy atom. The highest BCUT2D eigenvalue weighted by atomic mass is 16.5. The zero-order chi connectivity index (χ0) is 19.2. The number of carboxylic acid groups (broad SMARTS) is 1. The minimum atomic E-state index is -1.16. The van der Waals surface area contributed by atoms with Crippen molar-refractivity contribution < 1.29 is 24.2 Å². The van der Waals surface area contributed by atoms with E-state index < -0.39 is 5.97 Å². The Morgan fingerprint density at radius 3 is 2.74 bits per heavy atom. The van der Waals surface area contributed by atoms with Crippen LogP contribution >= 0.6 is 0 Å². The molecular formula is C20H22N2O5. The number of aromatic carboxylic acids is 1. The first kappa shape index (κ1) is 18.8. The first-order valence-electron chi connectivity index (χ1n) is 8.81. The van der Waals surface area contributed by atoms with Gasteiger partial charge in [0.05, 0.1) is 13.2 Å². The molecule has 1 unspecified atom stereocenters. The van der Waals surface area contributed by atoms with Crippen LogP contribution in [-0.4, -0.2) is 53.2 Å². The Morgan fingerprint density at radius 2 is 2.04 bits per heavy atom. The summed E-state index contributed by atoms with van der Waals surface area (Å²) in [5.41, 5.74) is 0.866. The number of carboxylic acids is 1. The Labute approximate surface area is 157 Å². The Bertz CT molecular complexity index is 818. The number of benzene rings is 1. The summed E-state index contributed by atoms with van der Waals surface area (Å²) in [6.45, 7) is 1.47. The summed E-state index contributed by atoms with van der Waals surface area (Å²) in [7, 11) is 1.59. The third kappa shape index (κ3) is 4.83. The van der Waals surface area contributed by atoms with Gasteiger partial charge in [0.25, 0.3) is 5.91 Å². The molecule has 2 heterocycles. The molecule has 3 rings (SSSR count). The van der Waals surface area contributed by atoms with E-state index in [1.165, 1.54) is 18.2 Å². The fourth-order valence-electron chi connectivity index (χ4n) is 3.08. The van der Waals surface area contributed by atoms with Gasteiger partial charge in [-0.2, -0.15) is 0 Å². The normalized spacial score (nSPS) is 16.1. The number of ether oxygens (including phenoxy) is 2. The first-order chi connectivity index (χ1) is 13.1. The van der Waals surface area contributed by atoms with Crippen LogP contribution in [0, 0.1) is 0 Å². The molecule has 0 saturated carbocycles. The molecule has 0 bridgehead atoms. The lowest BCUT2D eigenvalue weighted by Crippen LogP contribution is -2.37. The molecule has 142 valence electrons. The van der Waals surface area contributed by atoms with Crippen LogP contribution in [0.5, 0.6) is 5.75 Å². The highest BCUT2D eigenvalue weighted by Crippen LogP contribution is 2.19. The third-order valence-electron chi connectivity index (χ3n) is 4.43. The Hall–Kier alpha value is -2.93. The number of hydrogen-bond acceptors (Lipinski definition) is 5. The molecular weight excluding hydrogens is 348 g/mol. The van der Waals surface area contributed by atoms with Crippen molar-refractivity contribution >= 4 is 11.9 Å². The number of carbonyl (C=O) groups is 2. The van der Waals surface area contributed by atoms with Gasteiger partial charge in [-0.1, -0.05) is 18.2 Å². The lowest BCUT2D eigenvalue weighted by Gasteiger charge is -2.25. The molecule has 27 heavy (non-hydrogen) atoms. The van der Waals surface area contributed by atoms with Crippen LogP contribution in [0.2, 0.25) is 0 Å². The van der Waals surface area contributed by atoms with Crippen LogP contribution < -0.4 is 4.74 Å². The van der Waals surface area contributed by atoms with Crippen LogP contribution in [0.15, 0.2) is 42.5 Å². The van der Waals surface area contributed by atoms with Gasteiger partial charge in [-0.05, 0) is 42.7 Å². The minimum Gasteiger partial charge on any atom is -0.497 e. The molecule has 1 aromatic heterocycles. The van der Waals surface area contributed by atoms with Gasteiger partial charge in [-0.3, -0.25) is 4.79 Å². The zero-order valence-electron chi connectivity index (χ0n) is 15.1. The topological polar surface area (TPSA) is 89.0 Å². The van der Waals surface area contributed by atoms with Crippen LogP contribution in [0.1, 0.15) is 39.4 Å².